The molecule has 39 heavy (non-hydrogen) atoms. The highest BCUT2D eigenvalue weighted by Crippen LogP contribution is 2.33. The average molecular weight is 526 g/mol. The lowest BCUT2D eigenvalue weighted by Gasteiger charge is -2.34. The average Bonchev–Trinajstić information content (AvgIpc) is 3.65. The zero-order valence-electron chi connectivity index (χ0n) is 22.6. The van der Waals surface area contributed by atoms with Gasteiger partial charge in [0.05, 0.1) is 23.3 Å². The van der Waals surface area contributed by atoms with Gasteiger partial charge in [-0.2, -0.15) is 0 Å². The maximum atomic E-state index is 12.4. The number of nitrogens with one attached hydrogen (secondary N) is 2. The number of aromatic nitrogens is 4. The number of ether oxygens (including phenoxy) is 1. The number of carbonyl (C=O) groups is 1. The minimum atomic E-state index is 0.0636. The molecule has 1 saturated carbocycles. The standard InChI is InChI=1S/C30H35N7O2/c1-20(2)39-27-18-31-9-8-24(27)23-5-6-25-26(17-23)34-30(33-25)35-28-15-22(7-10-32-28)19-36-11-13-37(14-12-36)29(38)16-21-3-4-21/h5-10,15,17-18,20-21H,3-4,11-14,16,19H2,1-2H3,(H2,32,33,34,35). The van der Waals surface area contributed by atoms with Gasteiger partial charge in [0.2, 0.25) is 11.9 Å². The van der Waals surface area contributed by atoms with E-state index in [1.54, 1.807) is 12.4 Å². The minimum absolute atomic E-state index is 0.0636. The lowest BCUT2D eigenvalue weighted by Crippen LogP contribution is -2.48. The molecule has 0 radical (unpaired) electrons. The van der Waals surface area contributed by atoms with Crippen LogP contribution in [0, 0.1) is 5.92 Å². The Labute approximate surface area is 228 Å². The van der Waals surface area contributed by atoms with E-state index in [0.717, 1.165) is 72.9 Å². The van der Waals surface area contributed by atoms with Crippen molar-refractivity contribution < 1.29 is 9.53 Å². The summed E-state index contributed by atoms with van der Waals surface area (Å²) in [6, 6.07) is 12.2. The minimum Gasteiger partial charge on any atom is -0.489 e. The number of rotatable bonds is 9. The number of anilines is 2. The monoisotopic (exact) mass is 525 g/mol. The lowest BCUT2D eigenvalue weighted by atomic mass is 10.1. The Bertz CT molecular complexity index is 1450. The maximum Gasteiger partial charge on any atom is 0.222 e. The van der Waals surface area contributed by atoms with Crippen molar-refractivity contribution in [3.05, 3.63) is 60.6 Å². The van der Waals surface area contributed by atoms with Crippen LogP contribution in [-0.2, 0) is 11.3 Å². The number of piperazine rings is 1. The van der Waals surface area contributed by atoms with Gasteiger partial charge in [-0.3, -0.25) is 14.7 Å². The molecule has 2 N–H and O–H groups in total. The molecule has 3 aromatic heterocycles. The van der Waals surface area contributed by atoms with E-state index in [1.807, 2.05) is 49.2 Å². The van der Waals surface area contributed by atoms with Crippen LogP contribution in [0.1, 0.15) is 38.7 Å². The van der Waals surface area contributed by atoms with Crippen molar-refractivity contribution in [1.82, 2.24) is 29.7 Å². The predicted octanol–water partition coefficient (Wildman–Crippen LogP) is 5.00. The van der Waals surface area contributed by atoms with Gasteiger partial charge in [0.1, 0.15) is 11.6 Å². The summed E-state index contributed by atoms with van der Waals surface area (Å²) < 4.78 is 5.96. The van der Waals surface area contributed by atoms with Crippen LogP contribution < -0.4 is 10.1 Å². The lowest BCUT2D eigenvalue weighted by molar-refractivity contribution is -0.133. The second-order valence-electron chi connectivity index (χ2n) is 10.8. The molecule has 1 aromatic carbocycles. The number of fused-ring (bicyclic) bond motifs is 1. The SMILES string of the molecule is CC(C)Oc1cnccc1-c1ccc2nc(Nc3cc(CN4CCN(C(=O)CC5CC5)CC4)ccn3)[nH]c2c1. The smallest absolute Gasteiger partial charge is 0.222 e. The molecule has 1 aliphatic carbocycles. The van der Waals surface area contributed by atoms with Crippen molar-refractivity contribution >= 4 is 28.7 Å². The van der Waals surface area contributed by atoms with Gasteiger partial charge in [0.25, 0.3) is 0 Å². The largest absolute Gasteiger partial charge is 0.489 e. The quantitative estimate of drug-likeness (QED) is 0.317. The van der Waals surface area contributed by atoms with E-state index in [1.165, 1.54) is 18.4 Å². The van der Waals surface area contributed by atoms with Crippen LogP contribution in [0.4, 0.5) is 11.8 Å². The molecule has 4 heterocycles. The Morgan fingerprint density at radius 2 is 1.95 bits per heavy atom. The van der Waals surface area contributed by atoms with Crippen molar-refractivity contribution in [3.63, 3.8) is 0 Å². The van der Waals surface area contributed by atoms with Gasteiger partial charge < -0.3 is 19.9 Å². The van der Waals surface area contributed by atoms with Gasteiger partial charge >= 0.3 is 0 Å². The summed E-state index contributed by atoms with van der Waals surface area (Å²) in [4.78, 5) is 33.7. The summed E-state index contributed by atoms with van der Waals surface area (Å²) in [6.45, 7) is 8.27. The fourth-order valence-corrected chi connectivity index (χ4v) is 5.08. The summed E-state index contributed by atoms with van der Waals surface area (Å²) in [7, 11) is 0. The van der Waals surface area contributed by atoms with E-state index in [2.05, 4.69) is 37.3 Å². The first kappa shape index (κ1) is 25.3. The van der Waals surface area contributed by atoms with Crippen molar-refractivity contribution in [2.24, 2.45) is 5.92 Å². The van der Waals surface area contributed by atoms with Crippen LogP contribution in [0.3, 0.4) is 0 Å². The Morgan fingerprint density at radius 3 is 2.74 bits per heavy atom. The zero-order chi connectivity index (χ0) is 26.8. The van der Waals surface area contributed by atoms with Crippen LogP contribution in [0.2, 0.25) is 0 Å². The van der Waals surface area contributed by atoms with Crippen LogP contribution in [0.15, 0.2) is 55.0 Å². The molecule has 1 aliphatic heterocycles. The Balaban J connectivity index is 1.10. The number of H-pyrrole nitrogens is 1. The van der Waals surface area contributed by atoms with Gasteiger partial charge in [-0.05, 0) is 74.1 Å². The van der Waals surface area contributed by atoms with Gasteiger partial charge in [0, 0.05) is 57.1 Å². The molecule has 6 rings (SSSR count). The number of aromatic amines is 1. The number of imidazole rings is 1. The van der Waals surface area contributed by atoms with Crippen molar-refractivity contribution in [3.8, 4) is 16.9 Å². The molecule has 9 nitrogen and oxygen atoms in total. The molecular formula is C30H35N7O2. The third kappa shape index (κ3) is 6.20. The molecule has 0 spiro atoms. The topological polar surface area (TPSA) is 99.3 Å². The van der Waals surface area contributed by atoms with Gasteiger partial charge in [-0.15, -0.1) is 0 Å². The van der Waals surface area contributed by atoms with E-state index in [9.17, 15) is 4.79 Å². The summed E-state index contributed by atoms with van der Waals surface area (Å²) >= 11 is 0. The fourth-order valence-electron chi connectivity index (χ4n) is 5.08. The van der Waals surface area contributed by atoms with Crippen LogP contribution in [0.5, 0.6) is 5.75 Å². The first-order chi connectivity index (χ1) is 19.0. The van der Waals surface area contributed by atoms with Gasteiger partial charge in [-0.1, -0.05) is 6.07 Å². The molecule has 202 valence electrons. The summed E-state index contributed by atoms with van der Waals surface area (Å²) in [5.41, 5.74) is 5.00. The van der Waals surface area contributed by atoms with E-state index >= 15 is 0 Å². The highest BCUT2D eigenvalue weighted by Gasteiger charge is 2.28. The predicted molar refractivity (Wildman–Crippen MR) is 152 cm³/mol. The molecule has 2 aliphatic rings. The number of hydrogen-bond donors (Lipinski definition) is 2. The summed E-state index contributed by atoms with van der Waals surface area (Å²) in [5.74, 6) is 3.12. The normalized spacial score (nSPS) is 16.1. The molecule has 0 bridgehead atoms. The number of carbonyl (C=O) groups excluding carboxylic acids is 1. The fraction of sp³-hybridized carbons (Fsp3) is 0.400. The summed E-state index contributed by atoms with van der Waals surface area (Å²) in [5, 5.41) is 3.33. The number of pyridine rings is 2. The Hall–Kier alpha value is -3.98. The Morgan fingerprint density at radius 1 is 1.10 bits per heavy atom. The molecule has 9 heteroatoms. The van der Waals surface area contributed by atoms with Crippen LogP contribution in [-0.4, -0.2) is 67.9 Å². The van der Waals surface area contributed by atoms with Gasteiger partial charge in [-0.25, -0.2) is 9.97 Å². The first-order valence-electron chi connectivity index (χ1n) is 13.8. The molecule has 4 aromatic rings. The second kappa shape index (κ2) is 11.0. The van der Waals surface area contributed by atoms with Crippen LogP contribution >= 0.6 is 0 Å². The summed E-state index contributed by atoms with van der Waals surface area (Å²) in [6.07, 6.45) is 8.60. The van der Waals surface area contributed by atoms with E-state index in [-0.39, 0.29) is 6.10 Å². The van der Waals surface area contributed by atoms with Crippen LogP contribution in [0.25, 0.3) is 22.2 Å². The van der Waals surface area contributed by atoms with E-state index < -0.39 is 0 Å². The highest BCUT2D eigenvalue weighted by molar-refractivity contribution is 5.85. The van der Waals surface area contributed by atoms with Crippen molar-refractivity contribution in [1.29, 1.82) is 0 Å². The van der Waals surface area contributed by atoms with Gasteiger partial charge in [0.15, 0.2) is 0 Å². The zero-order valence-corrected chi connectivity index (χ0v) is 22.6. The molecule has 0 atom stereocenters. The molecule has 2 fully saturated rings. The molecule has 0 unspecified atom stereocenters. The molecule has 1 amide bonds. The Kier molecular flexibility index (Phi) is 7.15. The first-order valence-corrected chi connectivity index (χ1v) is 13.8. The highest BCUT2D eigenvalue weighted by atomic mass is 16.5. The number of amides is 1. The third-order valence-corrected chi connectivity index (χ3v) is 7.30. The maximum absolute atomic E-state index is 12.4. The van der Waals surface area contributed by atoms with Crippen molar-refractivity contribution in [2.45, 2.75) is 45.8 Å². The molecule has 1 saturated heterocycles. The number of nitrogens with zero attached hydrogens (tertiary/aromatic N) is 5. The molecular weight excluding hydrogens is 490 g/mol. The second-order valence-corrected chi connectivity index (χ2v) is 10.8. The third-order valence-electron chi connectivity index (χ3n) is 7.30. The van der Waals surface area contributed by atoms with Crippen molar-refractivity contribution in [2.75, 3.05) is 31.5 Å². The van der Waals surface area contributed by atoms with E-state index in [0.29, 0.717) is 17.8 Å². The number of hydrogen-bond acceptors (Lipinski definition) is 7. The number of benzene rings is 1. The van der Waals surface area contributed by atoms with E-state index in [4.69, 9.17) is 9.72 Å².